The number of fused-ring (bicyclic) bond motifs is 1. The Morgan fingerprint density at radius 2 is 1.92 bits per heavy atom. The first-order valence-electron chi connectivity index (χ1n) is 12.3. The molecule has 1 unspecified atom stereocenters. The predicted molar refractivity (Wildman–Crippen MR) is 144 cm³/mol. The van der Waals surface area contributed by atoms with Crippen LogP contribution in [0.25, 0.3) is 10.9 Å². The third kappa shape index (κ3) is 5.29. The monoisotopic (exact) mass is 498 g/mol. The summed E-state index contributed by atoms with van der Waals surface area (Å²) in [6.07, 6.45) is 1.67. The van der Waals surface area contributed by atoms with E-state index in [1.807, 2.05) is 41.9 Å². The molecule has 184 valence electrons. The lowest BCUT2D eigenvalue weighted by atomic mass is 10.1. The van der Waals surface area contributed by atoms with Gasteiger partial charge in [0.05, 0.1) is 11.6 Å². The van der Waals surface area contributed by atoms with Gasteiger partial charge in [-0.25, -0.2) is 4.68 Å². The number of aryl methyl sites for hydroxylation is 3. The summed E-state index contributed by atoms with van der Waals surface area (Å²) in [4.78, 5) is 19.8. The summed E-state index contributed by atoms with van der Waals surface area (Å²) in [6.45, 7) is 6.08. The molecule has 0 spiro atoms. The number of pyridine rings is 1. The van der Waals surface area contributed by atoms with Crippen LogP contribution < -0.4 is 5.56 Å². The minimum atomic E-state index is -0.0495. The molecule has 1 atom stereocenters. The molecular weight excluding hydrogens is 468 g/mol. The fourth-order valence-electron chi connectivity index (χ4n) is 4.74. The molecule has 5 rings (SSSR count). The minimum Gasteiger partial charge on any atom is -0.321 e. The van der Waals surface area contributed by atoms with Crippen LogP contribution in [0.4, 0.5) is 0 Å². The first-order chi connectivity index (χ1) is 17.6. The molecule has 0 fully saturated rings. The Kier molecular flexibility index (Phi) is 7.34. The van der Waals surface area contributed by atoms with Crippen LogP contribution in [0.1, 0.15) is 46.8 Å². The number of H-pyrrole nitrogens is 1. The highest BCUT2D eigenvalue weighted by Gasteiger charge is 2.26. The summed E-state index contributed by atoms with van der Waals surface area (Å²) in [5, 5.41) is 15.9. The molecule has 5 aromatic rings. The van der Waals surface area contributed by atoms with Crippen molar-refractivity contribution < 1.29 is 0 Å². The molecule has 1 N–H and O–H groups in total. The van der Waals surface area contributed by atoms with Gasteiger partial charge in [-0.3, -0.25) is 9.69 Å². The van der Waals surface area contributed by atoms with Gasteiger partial charge in [-0.05, 0) is 64.2 Å². The van der Waals surface area contributed by atoms with E-state index < -0.39 is 0 Å². The van der Waals surface area contributed by atoms with Gasteiger partial charge < -0.3 is 4.98 Å². The van der Waals surface area contributed by atoms with Crippen molar-refractivity contribution in [3.05, 3.63) is 110 Å². The Morgan fingerprint density at radius 1 is 1.06 bits per heavy atom. The smallest absolute Gasteiger partial charge is 0.252 e. The highest BCUT2D eigenvalue weighted by Crippen LogP contribution is 2.28. The van der Waals surface area contributed by atoms with Crippen LogP contribution in [0.2, 0.25) is 0 Å². The van der Waals surface area contributed by atoms with E-state index in [9.17, 15) is 4.79 Å². The molecule has 0 aliphatic rings. The number of tetrazole rings is 1. The zero-order valence-corrected chi connectivity index (χ0v) is 21.4. The first-order valence-corrected chi connectivity index (χ1v) is 13.2. The third-order valence-electron chi connectivity index (χ3n) is 6.62. The molecule has 0 aliphatic heterocycles. The number of para-hydroxylation sites is 1. The lowest BCUT2D eigenvalue weighted by Gasteiger charge is -2.30. The summed E-state index contributed by atoms with van der Waals surface area (Å²) in [6, 6.07) is 22.7. The minimum absolute atomic E-state index is 0.0366. The van der Waals surface area contributed by atoms with Crippen LogP contribution >= 0.6 is 11.3 Å². The Balaban J connectivity index is 1.46. The normalized spacial score (nSPS) is 12.4. The van der Waals surface area contributed by atoms with Gasteiger partial charge in [0.2, 0.25) is 0 Å². The number of hydrogen-bond donors (Lipinski definition) is 1. The van der Waals surface area contributed by atoms with E-state index in [0.717, 1.165) is 40.7 Å². The van der Waals surface area contributed by atoms with Crippen molar-refractivity contribution >= 4 is 22.2 Å². The van der Waals surface area contributed by atoms with Gasteiger partial charge in [0, 0.05) is 30.1 Å². The summed E-state index contributed by atoms with van der Waals surface area (Å²) in [5.74, 6) is 0.832. The lowest BCUT2D eigenvalue weighted by Crippen LogP contribution is -2.32. The molecule has 0 bridgehead atoms. The number of aromatic nitrogens is 5. The van der Waals surface area contributed by atoms with E-state index in [1.165, 1.54) is 10.4 Å². The Labute approximate surface area is 214 Å². The number of benzene rings is 2. The fourth-order valence-corrected chi connectivity index (χ4v) is 5.47. The zero-order chi connectivity index (χ0) is 24.9. The van der Waals surface area contributed by atoms with Crippen molar-refractivity contribution in [2.45, 2.75) is 52.4 Å². The van der Waals surface area contributed by atoms with E-state index >= 15 is 0 Å². The maximum absolute atomic E-state index is 13.1. The molecule has 7 nitrogen and oxygen atoms in total. The molecule has 0 aliphatic carbocycles. The second kappa shape index (κ2) is 11.0. The summed E-state index contributed by atoms with van der Waals surface area (Å²) in [7, 11) is 0. The van der Waals surface area contributed by atoms with Crippen molar-refractivity contribution in [1.82, 2.24) is 30.1 Å². The van der Waals surface area contributed by atoms with Crippen LogP contribution in [-0.2, 0) is 26.1 Å². The predicted octanol–water partition coefficient (Wildman–Crippen LogP) is 5.28. The summed E-state index contributed by atoms with van der Waals surface area (Å²) >= 11 is 1.72. The molecule has 0 amide bonds. The number of nitrogens with one attached hydrogen (secondary N) is 1. The largest absolute Gasteiger partial charge is 0.321 e. The van der Waals surface area contributed by atoms with Crippen LogP contribution in [0.5, 0.6) is 0 Å². The van der Waals surface area contributed by atoms with Crippen molar-refractivity contribution in [2.24, 2.45) is 0 Å². The van der Waals surface area contributed by atoms with Crippen LogP contribution in [-0.4, -0.2) is 30.1 Å². The molecule has 0 saturated heterocycles. The van der Waals surface area contributed by atoms with Crippen molar-refractivity contribution in [3.63, 3.8) is 0 Å². The molecule has 0 radical (unpaired) electrons. The van der Waals surface area contributed by atoms with Crippen LogP contribution in [0, 0.1) is 6.92 Å². The highest BCUT2D eigenvalue weighted by molar-refractivity contribution is 7.09. The number of thiophene rings is 1. The summed E-state index contributed by atoms with van der Waals surface area (Å²) < 4.78 is 1.91. The Bertz CT molecular complexity index is 1480. The fraction of sp³-hybridized carbons (Fsp3) is 0.286. The van der Waals surface area contributed by atoms with Crippen LogP contribution in [0.15, 0.2) is 76.9 Å². The van der Waals surface area contributed by atoms with Gasteiger partial charge in [0.1, 0.15) is 0 Å². The SMILES string of the molecule is CCC(c1nnnn1CCc1ccccc1)N(Cc1cccs1)Cc1cc2cccc(C)c2[nH]c1=O. The molecular formula is C28H30N6OS. The number of nitrogens with zero attached hydrogens (tertiary/aromatic N) is 5. The van der Waals surface area contributed by atoms with Crippen molar-refractivity contribution in [2.75, 3.05) is 0 Å². The van der Waals surface area contributed by atoms with Crippen molar-refractivity contribution in [1.29, 1.82) is 0 Å². The van der Waals surface area contributed by atoms with Gasteiger partial charge in [0.15, 0.2) is 5.82 Å². The van der Waals surface area contributed by atoms with Gasteiger partial charge in [-0.15, -0.1) is 16.4 Å². The van der Waals surface area contributed by atoms with Gasteiger partial charge in [-0.1, -0.05) is 61.5 Å². The summed E-state index contributed by atoms with van der Waals surface area (Å²) in [5.41, 5.74) is 3.90. The average molecular weight is 499 g/mol. The third-order valence-corrected chi connectivity index (χ3v) is 7.48. The Morgan fingerprint density at radius 3 is 2.69 bits per heavy atom. The number of aromatic amines is 1. The second-order valence-corrected chi connectivity index (χ2v) is 10.1. The van der Waals surface area contributed by atoms with E-state index in [2.05, 4.69) is 74.1 Å². The Hall–Kier alpha value is -3.62. The quantitative estimate of drug-likeness (QED) is 0.283. The van der Waals surface area contributed by atoms with Gasteiger partial charge >= 0.3 is 0 Å². The molecule has 3 heterocycles. The average Bonchev–Trinajstić information content (AvgIpc) is 3.57. The zero-order valence-electron chi connectivity index (χ0n) is 20.6. The second-order valence-electron chi connectivity index (χ2n) is 9.07. The van der Waals surface area contributed by atoms with Crippen LogP contribution in [0.3, 0.4) is 0 Å². The maximum Gasteiger partial charge on any atom is 0.252 e. The molecule has 0 saturated carbocycles. The number of hydrogen-bond acceptors (Lipinski definition) is 6. The van der Waals surface area contributed by atoms with E-state index in [4.69, 9.17) is 0 Å². The highest BCUT2D eigenvalue weighted by atomic mass is 32.1. The molecule has 36 heavy (non-hydrogen) atoms. The van der Waals surface area contributed by atoms with E-state index in [-0.39, 0.29) is 11.6 Å². The van der Waals surface area contributed by atoms with Crippen molar-refractivity contribution in [3.8, 4) is 0 Å². The van der Waals surface area contributed by atoms with Gasteiger partial charge in [-0.2, -0.15) is 0 Å². The van der Waals surface area contributed by atoms with E-state index in [1.54, 1.807) is 11.3 Å². The lowest BCUT2D eigenvalue weighted by molar-refractivity contribution is 0.162. The number of rotatable bonds is 10. The first kappa shape index (κ1) is 24.1. The maximum atomic E-state index is 13.1. The van der Waals surface area contributed by atoms with Gasteiger partial charge in [0.25, 0.3) is 5.56 Å². The molecule has 8 heteroatoms. The topological polar surface area (TPSA) is 79.7 Å². The standard InChI is InChI=1S/C28H30N6OS/c1-3-25(27-30-31-32-34(27)15-14-21-10-5-4-6-11-21)33(19-24-13-8-16-36-24)18-23-17-22-12-7-9-20(2)26(22)29-28(23)35/h4-13,16-17,25H,3,14-15,18-19H2,1-2H3,(H,29,35). The molecule has 2 aromatic carbocycles. The van der Waals surface area contributed by atoms with E-state index in [0.29, 0.717) is 19.6 Å². The molecule has 3 aromatic heterocycles.